The number of nitrogens with zero attached hydrogens (tertiary/aromatic N) is 2. The van der Waals surface area contributed by atoms with Gasteiger partial charge in [-0.25, -0.2) is 0 Å². The largest absolute Gasteiger partial charge is 0.481 e. The smallest absolute Gasteiger partial charge is 0.306 e. The van der Waals surface area contributed by atoms with E-state index in [-0.39, 0.29) is 63.3 Å². The number of allylic oxidation sites excluding steroid dienone is 1. The second-order valence-corrected chi connectivity index (χ2v) is 22.4. The lowest BCUT2D eigenvalue weighted by molar-refractivity contribution is -0.344. The number of hydrogen-bond acceptors (Lipinski definition) is 5. The molecule has 1 aliphatic heterocycles. The average molecular weight is 777 g/mol. The number of likely N-dealkylation sites (N-methyl/N-ethyl adjacent to an activating group) is 1. The first-order chi connectivity index (χ1) is 26.3. The Morgan fingerprint density at radius 2 is 1.54 bits per heavy atom. The number of rotatable bonds is 12. The molecule has 1 saturated heterocycles. The normalized spacial score (nSPS) is 45.0. The SMILES string of the molecule is C=C(C)C1CCC2(C(=O)N3CCN(CC)CC3)CCC3(C)C(CCC4C3(C)CCC35CC(C)C3(C)C(OC(=O)CC(CCCC(C)C)CC(=O)O)CCC45C)C12. The van der Waals surface area contributed by atoms with E-state index in [1.165, 1.54) is 37.7 Å². The fraction of sp³-hybridized carbons (Fsp3) is 0.898. The van der Waals surface area contributed by atoms with Crippen LogP contribution in [0.3, 0.4) is 0 Å². The summed E-state index contributed by atoms with van der Waals surface area (Å²) in [5.74, 6) is 2.29. The third kappa shape index (κ3) is 6.12. The Kier molecular flexibility index (Phi) is 11.3. The van der Waals surface area contributed by atoms with E-state index in [0.29, 0.717) is 41.4 Å². The van der Waals surface area contributed by atoms with Gasteiger partial charge in [-0.1, -0.05) is 80.4 Å². The van der Waals surface area contributed by atoms with Crippen molar-refractivity contribution in [3.63, 3.8) is 0 Å². The number of carbonyl (C=O) groups excluding carboxylic acids is 2. The van der Waals surface area contributed by atoms with Gasteiger partial charge in [0.2, 0.25) is 5.91 Å². The van der Waals surface area contributed by atoms with E-state index in [9.17, 15) is 19.5 Å². The Labute approximate surface area is 340 Å². The van der Waals surface area contributed by atoms with Crippen molar-refractivity contribution in [1.82, 2.24) is 9.80 Å². The van der Waals surface area contributed by atoms with Crippen LogP contribution in [0.2, 0.25) is 0 Å². The van der Waals surface area contributed by atoms with Gasteiger partial charge in [-0.3, -0.25) is 14.4 Å². The summed E-state index contributed by atoms with van der Waals surface area (Å²) < 4.78 is 6.59. The lowest BCUT2D eigenvalue weighted by atomic mass is 9.23. The van der Waals surface area contributed by atoms with Crippen molar-refractivity contribution >= 4 is 17.8 Å². The van der Waals surface area contributed by atoms with Crippen LogP contribution in [0.5, 0.6) is 0 Å². The minimum Gasteiger partial charge on any atom is -0.481 e. The number of carbonyl (C=O) groups is 3. The lowest BCUT2D eigenvalue weighted by Gasteiger charge is -2.81. The van der Waals surface area contributed by atoms with Gasteiger partial charge in [0.15, 0.2) is 0 Å². The maximum Gasteiger partial charge on any atom is 0.306 e. The zero-order chi connectivity index (χ0) is 40.6. The van der Waals surface area contributed by atoms with E-state index >= 15 is 0 Å². The topological polar surface area (TPSA) is 87.2 Å². The molecule has 0 aromatic carbocycles. The molecular formula is C49H80N2O5. The fourth-order valence-corrected chi connectivity index (χ4v) is 16.7. The van der Waals surface area contributed by atoms with Crippen molar-refractivity contribution < 1.29 is 24.2 Å². The quantitative estimate of drug-likeness (QED) is 0.157. The second-order valence-electron chi connectivity index (χ2n) is 22.4. The molecule has 1 amide bonds. The summed E-state index contributed by atoms with van der Waals surface area (Å²) in [5, 5.41) is 9.67. The van der Waals surface area contributed by atoms with Crippen LogP contribution < -0.4 is 0 Å². The van der Waals surface area contributed by atoms with Gasteiger partial charge < -0.3 is 19.6 Å². The summed E-state index contributed by atoms with van der Waals surface area (Å²) in [6.07, 6.45) is 15.2. The van der Waals surface area contributed by atoms with E-state index in [2.05, 4.69) is 78.7 Å². The van der Waals surface area contributed by atoms with Crippen molar-refractivity contribution in [2.24, 2.45) is 73.9 Å². The molecule has 7 fully saturated rings. The first kappa shape index (κ1) is 42.2. The first-order valence-corrected chi connectivity index (χ1v) is 23.4. The fourth-order valence-electron chi connectivity index (χ4n) is 16.7. The molecule has 316 valence electrons. The molecule has 0 radical (unpaired) electrons. The molecule has 7 aliphatic rings. The highest BCUT2D eigenvalue weighted by atomic mass is 16.5. The maximum atomic E-state index is 15.0. The molecule has 1 heterocycles. The predicted molar refractivity (Wildman–Crippen MR) is 224 cm³/mol. The predicted octanol–water partition coefficient (Wildman–Crippen LogP) is 10.4. The molecule has 0 aromatic heterocycles. The highest BCUT2D eigenvalue weighted by Crippen LogP contribution is 2.85. The molecule has 0 aromatic rings. The van der Waals surface area contributed by atoms with Gasteiger partial charge in [0.05, 0.1) is 5.41 Å². The number of carboxylic acids is 1. The number of hydrogen-bond donors (Lipinski definition) is 1. The molecule has 1 N–H and O–H groups in total. The standard InChI is InChI=1S/C49H80N2O5/c1-11-50-25-27-51(28-26-50)43(55)48-20-17-36(33(4)5)42(48)37-15-16-38-45(8,44(37,7)21-23-48)22-24-49-31-34(6)47(49,10)39(18-19-46(38,49)9)56-41(54)30-35(29-40(52)53)14-12-13-32(2)3/h32,34-39,42H,4,11-31H2,1-3,5-10H3,(H,52,53). The average Bonchev–Trinajstić information content (AvgIpc) is 3.55. The van der Waals surface area contributed by atoms with Crippen molar-refractivity contribution in [2.75, 3.05) is 32.7 Å². The Bertz CT molecular complexity index is 1540. The minimum absolute atomic E-state index is 0.0345. The van der Waals surface area contributed by atoms with Gasteiger partial charge in [-0.05, 0) is 154 Å². The van der Waals surface area contributed by atoms with E-state index in [1.807, 2.05) is 0 Å². The molecule has 1 spiro atoms. The number of amides is 1. The third-order valence-corrected chi connectivity index (χ3v) is 20.1. The second kappa shape index (κ2) is 15.0. The van der Waals surface area contributed by atoms with Crippen molar-refractivity contribution in [3.8, 4) is 0 Å². The Morgan fingerprint density at radius 3 is 2.16 bits per heavy atom. The van der Waals surface area contributed by atoms with E-state index in [1.54, 1.807) is 0 Å². The lowest BCUT2D eigenvalue weighted by Crippen LogP contribution is -2.77. The van der Waals surface area contributed by atoms with Crippen molar-refractivity contribution in [1.29, 1.82) is 0 Å². The van der Waals surface area contributed by atoms with Gasteiger partial charge in [-0.15, -0.1) is 0 Å². The molecule has 7 nitrogen and oxygen atoms in total. The molecule has 7 heteroatoms. The van der Waals surface area contributed by atoms with Crippen molar-refractivity contribution in [3.05, 3.63) is 12.2 Å². The molecular weight excluding hydrogens is 697 g/mol. The summed E-state index contributed by atoms with van der Waals surface area (Å²) in [4.78, 5) is 45.2. The summed E-state index contributed by atoms with van der Waals surface area (Å²) in [7, 11) is 0. The highest BCUT2D eigenvalue weighted by Gasteiger charge is 2.80. The maximum absolute atomic E-state index is 15.0. The zero-order valence-electron chi connectivity index (χ0n) is 37.1. The van der Waals surface area contributed by atoms with Crippen LogP contribution in [-0.4, -0.2) is 71.6 Å². The summed E-state index contributed by atoms with van der Waals surface area (Å²) >= 11 is 0. The number of carboxylic acid groups (broad SMARTS) is 1. The number of esters is 1. The molecule has 13 atom stereocenters. The van der Waals surface area contributed by atoms with Crippen LogP contribution in [0, 0.1) is 73.9 Å². The highest BCUT2D eigenvalue weighted by molar-refractivity contribution is 5.84. The Hall–Kier alpha value is -1.89. The molecule has 13 unspecified atom stereocenters. The van der Waals surface area contributed by atoms with Gasteiger partial charge in [0, 0.05) is 44.4 Å². The molecule has 7 rings (SSSR count). The van der Waals surface area contributed by atoms with E-state index in [0.717, 1.165) is 90.5 Å². The molecule has 6 aliphatic carbocycles. The van der Waals surface area contributed by atoms with Crippen LogP contribution in [0.25, 0.3) is 0 Å². The van der Waals surface area contributed by atoms with Crippen LogP contribution in [-0.2, 0) is 19.1 Å². The molecule has 56 heavy (non-hydrogen) atoms. The van der Waals surface area contributed by atoms with Gasteiger partial charge in [0.25, 0.3) is 0 Å². The summed E-state index contributed by atoms with van der Waals surface area (Å²) in [6.45, 7) is 31.2. The van der Waals surface area contributed by atoms with Crippen LogP contribution in [0.15, 0.2) is 12.2 Å². The minimum atomic E-state index is -0.822. The first-order valence-electron chi connectivity index (χ1n) is 23.4. The number of fused-ring (bicyclic) bond motifs is 6. The van der Waals surface area contributed by atoms with Gasteiger partial charge in [0.1, 0.15) is 6.10 Å². The van der Waals surface area contributed by atoms with Gasteiger partial charge >= 0.3 is 11.9 Å². The number of ether oxygens (including phenoxy) is 1. The Balaban J connectivity index is 1.13. The monoisotopic (exact) mass is 777 g/mol. The summed E-state index contributed by atoms with van der Waals surface area (Å²) in [6, 6.07) is 0. The van der Waals surface area contributed by atoms with Crippen LogP contribution in [0.1, 0.15) is 165 Å². The van der Waals surface area contributed by atoms with E-state index < -0.39 is 5.97 Å². The van der Waals surface area contributed by atoms with Crippen molar-refractivity contribution in [2.45, 2.75) is 171 Å². The molecule has 6 saturated carbocycles. The third-order valence-electron chi connectivity index (χ3n) is 20.1. The van der Waals surface area contributed by atoms with Gasteiger partial charge in [-0.2, -0.15) is 0 Å². The zero-order valence-corrected chi connectivity index (χ0v) is 37.1. The molecule has 0 bridgehead atoms. The summed E-state index contributed by atoms with van der Waals surface area (Å²) in [5.41, 5.74) is 1.61. The number of aliphatic carboxylic acids is 1. The van der Waals surface area contributed by atoms with E-state index in [4.69, 9.17) is 4.74 Å². The van der Waals surface area contributed by atoms with Crippen LogP contribution in [0.4, 0.5) is 0 Å². The number of piperazine rings is 1. The Morgan fingerprint density at radius 1 is 0.839 bits per heavy atom. The van der Waals surface area contributed by atoms with Crippen LogP contribution >= 0.6 is 0 Å².